The van der Waals surface area contributed by atoms with Gasteiger partial charge < -0.3 is 4.43 Å². The maximum Gasteiger partial charge on any atom is 0.192 e. The molecule has 0 heterocycles. The Hall–Kier alpha value is -0.593. The molecule has 0 N–H and O–H groups in total. The predicted molar refractivity (Wildman–Crippen MR) is 71.7 cm³/mol. The normalized spacial score (nSPS) is 17.1. The zero-order valence-corrected chi connectivity index (χ0v) is 12.7. The number of nitriles is 1. The van der Waals surface area contributed by atoms with Crippen molar-refractivity contribution in [1.82, 2.24) is 0 Å². The molecule has 2 atom stereocenters. The first-order valence-corrected chi connectivity index (χ1v) is 8.77. The van der Waals surface area contributed by atoms with E-state index in [4.69, 9.17) is 9.69 Å². The molecule has 92 valence electrons. The molecule has 0 amide bonds. The van der Waals surface area contributed by atoms with Gasteiger partial charge in [0.25, 0.3) is 0 Å². The van der Waals surface area contributed by atoms with E-state index >= 15 is 0 Å². The van der Waals surface area contributed by atoms with Crippen LogP contribution in [-0.2, 0) is 4.43 Å². The van der Waals surface area contributed by atoms with Crippen molar-refractivity contribution in [2.45, 2.75) is 58.9 Å². The summed E-state index contributed by atoms with van der Waals surface area (Å²) < 4.78 is 6.14. The van der Waals surface area contributed by atoms with Crippen LogP contribution in [0, 0.1) is 17.2 Å². The molecule has 0 aromatic carbocycles. The van der Waals surface area contributed by atoms with Crippen LogP contribution in [0.3, 0.4) is 0 Å². The van der Waals surface area contributed by atoms with Gasteiger partial charge in [-0.2, -0.15) is 5.26 Å². The van der Waals surface area contributed by atoms with Crippen LogP contribution in [0.1, 0.15) is 34.6 Å². The van der Waals surface area contributed by atoms with E-state index < -0.39 is 8.32 Å². The Bertz CT molecular complexity index is 283. The largest absolute Gasteiger partial charge is 0.411 e. The molecule has 16 heavy (non-hydrogen) atoms. The summed E-state index contributed by atoms with van der Waals surface area (Å²) in [5.74, 6) is -0.0366. The smallest absolute Gasteiger partial charge is 0.192 e. The number of nitrogens with zero attached hydrogens (tertiary/aromatic N) is 1. The quantitative estimate of drug-likeness (QED) is 0.546. The van der Waals surface area contributed by atoms with Crippen molar-refractivity contribution in [2.24, 2.45) is 5.92 Å². The lowest BCUT2D eigenvalue weighted by atomic mass is 10.2. The fourth-order valence-corrected chi connectivity index (χ4v) is 2.41. The summed E-state index contributed by atoms with van der Waals surface area (Å²) >= 11 is 0. The van der Waals surface area contributed by atoms with Gasteiger partial charge in [0.15, 0.2) is 8.32 Å². The second-order valence-electron chi connectivity index (χ2n) is 5.89. The maximum atomic E-state index is 8.68. The van der Waals surface area contributed by atoms with Crippen LogP contribution in [0.5, 0.6) is 0 Å². The number of allylic oxidation sites excluding steroid dienone is 1. The van der Waals surface area contributed by atoms with Gasteiger partial charge in [0.05, 0.1) is 18.1 Å². The van der Waals surface area contributed by atoms with Crippen molar-refractivity contribution in [3.63, 3.8) is 0 Å². The molecular weight excluding hydrogens is 214 g/mol. The molecule has 0 rings (SSSR count). The average molecular weight is 239 g/mol. The number of hydrogen-bond acceptors (Lipinski definition) is 2. The fourth-order valence-electron chi connectivity index (χ4n) is 1.05. The van der Waals surface area contributed by atoms with E-state index in [1.807, 2.05) is 26.0 Å². The molecule has 0 aliphatic rings. The molecule has 0 fully saturated rings. The monoisotopic (exact) mass is 239 g/mol. The first-order chi connectivity index (χ1) is 7.10. The van der Waals surface area contributed by atoms with Gasteiger partial charge in [0, 0.05) is 0 Å². The number of rotatable bonds is 4. The molecule has 0 aromatic heterocycles. The second-order valence-corrected chi connectivity index (χ2v) is 10.6. The Balaban J connectivity index is 4.42. The van der Waals surface area contributed by atoms with Gasteiger partial charge in [-0.25, -0.2) is 0 Å². The molecule has 2 nitrogen and oxygen atoms in total. The SMILES string of the molecule is C[C@H](C#N)/C=C/[C@@H](C)O[Si](C)(C)C(C)(C)C. The molecule has 0 unspecified atom stereocenters. The van der Waals surface area contributed by atoms with Crippen LogP contribution < -0.4 is 0 Å². The Labute approximate surface area is 101 Å². The van der Waals surface area contributed by atoms with Crippen LogP contribution >= 0.6 is 0 Å². The van der Waals surface area contributed by atoms with Gasteiger partial charge in [-0.3, -0.25) is 0 Å². The number of hydrogen-bond donors (Lipinski definition) is 0. The van der Waals surface area contributed by atoms with Crippen molar-refractivity contribution in [3.05, 3.63) is 12.2 Å². The second kappa shape index (κ2) is 5.65. The molecule has 0 bridgehead atoms. The van der Waals surface area contributed by atoms with Gasteiger partial charge in [-0.05, 0) is 32.0 Å². The Morgan fingerprint density at radius 2 is 1.69 bits per heavy atom. The van der Waals surface area contributed by atoms with E-state index in [2.05, 4.69) is 39.9 Å². The fraction of sp³-hybridized carbons (Fsp3) is 0.769. The zero-order valence-electron chi connectivity index (χ0n) is 11.7. The summed E-state index contributed by atoms with van der Waals surface area (Å²) in [7, 11) is -1.68. The van der Waals surface area contributed by atoms with Crippen molar-refractivity contribution < 1.29 is 4.43 Å². The van der Waals surface area contributed by atoms with Crippen molar-refractivity contribution in [2.75, 3.05) is 0 Å². The lowest BCUT2D eigenvalue weighted by Gasteiger charge is -2.37. The topological polar surface area (TPSA) is 33.0 Å². The van der Waals surface area contributed by atoms with E-state index in [0.717, 1.165) is 0 Å². The molecule has 3 heteroatoms. The summed E-state index contributed by atoms with van der Waals surface area (Å²) in [5, 5.41) is 8.91. The summed E-state index contributed by atoms with van der Waals surface area (Å²) in [4.78, 5) is 0. The van der Waals surface area contributed by atoms with Gasteiger partial charge in [0.1, 0.15) is 0 Å². The van der Waals surface area contributed by atoms with Crippen LogP contribution in [0.4, 0.5) is 0 Å². The summed E-state index contributed by atoms with van der Waals surface area (Å²) in [6, 6.07) is 2.18. The highest BCUT2D eigenvalue weighted by Crippen LogP contribution is 2.37. The zero-order chi connectivity index (χ0) is 13.0. The Kier molecular flexibility index (Phi) is 5.44. The van der Waals surface area contributed by atoms with Crippen LogP contribution in [0.2, 0.25) is 18.1 Å². The molecule has 0 spiro atoms. The molecule has 0 radical (unpaired) electrons. The van der Waals surface area contributed by atoms with Crippen molar-refractivity contribution in [3.8, 4) is 6.07 Å². The van der Waals surface area contributed by atoms with Crippen LogP contribution in [0.25, 0.3) is 0 Å². The maximum absolute atomic E-state index is 8.68. The molecule has 0 aliphatic carbocycles. The summed E-state index contributed by atoms with van der Waals surface area (Å²) in [5.41, 5.74) is 0. The minimum absolute atomic E-state index is 0.0366. The first kappa shape index (κ1) is 15.4. The van der Waals surface area contributed by atoms with Gasteiger partial charge in [0.2, 0.25) is 0 Å². The van der Waals surface area contributed by atoms with Crippen LogP contribution in [-0.4, -0.2) is 14.4 Å². The molecule has 0 saturated heterocycles. The van der Waals surface area contributed by atoms with E-state index in [1.165, 1.54) is 0 Å². The van der Waals surface area contributed by atoms with Crippen molar-refractivity contribution in [1.29, 1.82) is 5.26 Å². The minimum atomic E-state index is -1.68. The third kappa shape index (κ3) is 4.96. The Morgan fingerprint density at radius 3 is 2.06 bits per heavy atom. The summed E-state index contributed by atoms with van der Waals surface area (Å²) in [6.07, 6.45) is 4.00. The lowest BCUT2D eigenvalue weighted by molar-refractivity contribution is 0.243. The molecule has 0 aromatic rings. The highest BCUT2D eigenvalue weighted by atomic mass is 28.4. The van der Waals surface area contributed by atoms with E-state index in [9.17, 15) is 0 Å². The van der Waals surface area contributed by atoms with Gasteiger partial charge in [-0.1, -0.05) is 32.9 Å². The van der Waals surface area contributed by atoms with Crippen molar-refractivity contribution >= 4 is 8.32 Å². The molecule has 0 saturated carbocycles. The van der Waals surface area contributed by atoms with Crippen LogP contribution in [0.15, 0.2) is 12.2 Å². The lowest BCUT2D eigenvalue weighted by Crippen LogP contribution is -2.42. The summed E-state index contributed by atoms with van der Waals surface area (Å²) in [6.45, 7) is 15.1. The van der Waals surface area contributed by atoms with E-state index in [-0.39, 0.29) is 17.1 Å². The minimum Gasteiger partial charge on any atom is -0.411 e. The average Bonchev–Trinajstić information content (AvgIpc) is 2.11. The van der Waals surface area contributed by atoms with Gasteiger partial charge in [-0.15, -0.1) is 0 Å². The standard InChI is InChI=1S/C13H25NOSi/c1-11(10-14)8-9-12(2)15-16(6,7)13(3,4)5/h8-9,11-12H,1-7H3/b9-8+/t11-,12+/m0/s1. The van der Waals surface area contributed by atoms with Gasteiger partial charge >= 0.3 is 0 Å². The third-order valence-corrected chi connectivity index (χ3v) is 7.73. The highest BCUT2D eigenvalue weighted by Gasteiger charge is 2.37. The first-order valence-electron chi connectivity index (χ1n) is 5.86. The van der Waals surface area contributed by atoms with E-state index in [1.54, 1.807) is 0 Å². The third-order valence-electron chi connectivity index (χ3n) is 3.16. The molecular formula is C13H25NOSi. The predicted octanol–water partition coefficient (Wildman–Crippen LogP) is 4.11. The Morgan fingerprint density at radius 1 is 1.19 bits per heavy atom. The van der Waals surface area contributed by atoms with E-state index in [0.29, 0.717) is 0 Å². The molecule has 0 aliphatic heterocycles. The highest BCUT2D eigenvalue weighted by molar-refractivity contribution is 6.74.